The third-order valence-corrected chi connectivity index (χ3v) is 8.13. The smallest absolute Gasteiger partial charge is 0.388 e. The topological polar surface area (TPSA) is 180 Å². The van der Waals surface area contributed by atoms with Crippen LogP contribution in [0.25, 0.3) is 5.69 Å². The Morgan fingerprint density at radius 1 is 1.13 bits per heavy atom. The maximum Gasteiger partial charge on any atom is 0.388 e. The molecule has 250 valence electrons. The van der Waals surface area contributed by atoms with Crippen molar-refractivity contribution in [3.63, 3.8) is 0 Å². The molecule has 16 nitrogen and oxygen atoms in total. The SMILES string of the molecule is C[C@@H]1CN(c2ccc(-n3cc(C(=O)NCCCN4CCOCC4)nn3)cc2NC(=O)c2nnc(C#N)nc2OC(F)F)C[C@H](C)N1C. The number of nitrogens with zero attached hydrogens (tertiary/aromatic N) is 10. The standard InChI is InChI=1S/C29H36F2N12O4/c1-18-15-42(16-19(2)40(18)3)23-6-5-20(13-21(23)34-27(45)25-28(47-29(30)31)35-24(14-32)37-38-25)43-17-22(36-39-43)26(44)33-7-4-8-41-9-11-46-12-10-41/h5-6,13,17-19,29H,4,7-12,15-16H2,1-3H3,(H,33,44)(H,34,45)/t18-,19+. The van der Waals surface area contributed by atoms with Crippen molar-refractivity contribution in [1.82, 2.24) is 45.3 Å². The van der Waals surface area contributed by atoms with Crippen molar-refractivity contribution in [3.8, 4) is 17.6 Å². The molecule has 2 aliphatic rings. The number of ether oxygens (including phenoxy) is 2. The van der Waals surface area contributed by atoms with E-state index in [0.29, 0.717) is 49.9 Å². The second kappa shape index (κ2) is 15.2. The minimum atomic E-state index is -3.32. The first-order valence-corrected chi connectivity index (χ1v) is 15.2. The van der Waals surface area contributed by atoms with Crippen LogP contribution in [0.4, 0.5) is 20.2 Å². The minimum absolute atomic E-state index is 0.112. The summed E-state index contributed by atoms with van der Waals surface area (Å²) < 4.78 is 37.4. The first-order valence-electron chi connectivity index (χ1n) is 15.2. The van der Waals surface area contributed by atoms with E-state index in [4.69, 9.17) is 10.00 Å². The fraction of sp³-hybridized carbons (Fsp3) is 0.517. The van der Waals surface area contributed by atoms with E-state index in [-0.39, 0.29) is 23.7 Å². The van der Waals surface area contributed by atoms with Crippen LogP contribution >= 0.6 is 0 Å². The van der Waals surface area contributed by atoms with Gasteiger partial charge in [0.05, 0.1) is 36.5 Å². The molecule has 2 atom stereocenters. The first kappa shape index (κ1) is 33.5. The van der Waals surface area contributed by atoms with Crippen LogP contribution in [0.2, 0.25) is 0 Å². The van der Waals surface area contributed by atoms with E-state index in [0.717, 1.165) is 26.1 Å². The lowest BCUT2D eigenvalue weighted by Gasteiger charge is -2.44. The molecular formula is C29H36F2N12O4. The van der Waals surface area contributed by atoms with Gasteiger partial charge in [-0.3, -0.25) is 19.4 Å². The van der Waals surface area contributed by atoms with Crippen molar-refractivity contribution in [2.75, 3.05) is 69.7 Å². The zero-order valence-corrected chi connectivity index (χ0v) is 26.3. The minimum Gasteiger partial charge on any atom is -0.414 e. The van der Waals surface area contributed by atoms with Crippen molar-refractivity contribution in [3.05, 3.63) is 41.6 Å². The van der Waals surface area contributed by atoms with Gasteiger partial charge in [0, 0.05) is 44.8 Å². The number of carbonyl (C=O) groups is 2. The highest BCUT2D eigenvalue weighted by Crippen LogP contribution is 2.32. The van der Waals surface area contributed by atoms with Crippen LogP contribution in [0.3, 0.4) is 0 Å². The van der Waals surface area contributed by atoms with E-state index in [1.807, 2.05) is 7.05 Å². The van der Waals surface area contributed by atoms with E-state index in [2.05, 4.69) is 69.4 Å². The normalized spacial score (nSPS) is 19.0. The molecule has 47 heavy (non-hydrogen) atoms. The van der Waals surface area contributed by atoms with Crippen LogP contribution < -0.4 is 20.3 Å². The summed E-state index contributed by atoms with van der Waals surface area (Å²) in [6.45, 7) is 6.63. The lowest BCUT2D eigenvalue weighted by Crippen LogP contribution is -2.55. The van der Waals surface area contributed by atoms with Gasteiger partial charge in [0.25, 0.3) is 23.5 Å². The van der Waals surface area contributed by atoms with Crippen LogP contribution in [0.15, 0.2) is 24.4 Å². The van der Waals surface area contributed by atoms with Gasteiger partial charge in [0.2, 0.25) is 5.69 Å². The second-order valence-electron chi connectivity index (χ2n) is 11.3. The van der Waals surface area contributed by atoms with Crippen LogP contribution in [-0.4, -0.2) is 130 Å². The van der Waals surface area contributed by atoms with Crippen LogP contribution in [0.5, 0.6) is 5.88 Å². The Bertz CT molecular complexity index is 1600. The van der Waals surface area contributed by atoms with E-state index in [9.17, 15) is 18.4 Å². The maximum absolute atomic E-state index is 13.4. The monoisotopic (exact) mass is 654 g/mol. The highest BCUT2D eigenvalue weighted by molar-refractivity contribution is 6.06. The van der Waals surface area contributed by atoms with Crippen molar-refractivity contribution >= 4 is 23.2 Å². The summed E-state index contributed by atoms with van der Waals surface area (Å²) >= 11 is 0. The molecule has 4 heterocycles. The van der Waals surface area contributed by atoms with Crippen molar-refractivity contribution < 1.29 is 27.8 Å². The summed E-state index contributed by atoms with van der Waals surface area (Å²) in [7, 11) is 2.04. The van der Waals surface area contributed by atoms with E-state index in [1.165, 1.54) is 10.9 Å². The largest absolute Gasteiger partial charge is 0.414 e. The zero-order valence-electron chi connectivity index (χ0n) is 26.3. The number of morpholine rings is 1. The number of hydrogen-bond donors (Lipinski definition) is 2. The van der Waals surface area contributed by atoms with Gasteiger partial charge in [0.15, 0.2) is 5.69 Å². The van der Waals surface area contributed by atoms with Gasteiger partial charge in [-0.05, 0) is 52.1 Å². The molecule has 2 aromatic heterocycles. The van der Waals surface area contributed by atoms with E-state index >= 15 is 0 Å². The Morgan fingerprint density at radius 2 is 1.87 bits per heavy atom. The number of benzene rings is 1. The Kier molecular flexibility index (Phi) is 10.8. The average Bonchev–Trinajstić information content (AvgIpc) is 3.56. The number of alkyl halides is 2. The number of piperazine rings is 1. The average molecular weight is 655 g/mol. The van der Waals surface area contributed by atoms with E-state index in [1.54, 1.807) is 24.3 Å². The van der Waals surface area contributed by atoms with Crippen molar-refractivity contribution in [2.24, 2.45) is 0 Å². The number of likely N-dealkylation sites (N-methyl/N-ethyl adjacent to an activating group) is 1. The third-order valence-electron chi connectivity index (χ3n) is 8.13. The molecule has 18 heteroatoms. The Morgan fingerprint density at radius 3 is 2.57 bits per heavy atom. The summed E-state index contributed by atoms with van der Waals surface area (Å²) in [5.41, 5.74) is 0.897. The summed E-state index contributed by atoms with van der Waals surface area (Å²) in [6, 6.07) is 7.14. The van der Waals surface area contributed by atoms with Crippen molar-refractivity contribution in [2.45, 2.75) is 39.0 Å². The molecule has 0 unspecified atom stereocenters. The number of anilines is 2. The molecule has 0 saturated carbocycles. The lowest BCUT2D eigenvalue weighted by molar-refractivity contribution is -0.0536. The number of nitriles is 1. The molecule has 1 aromatic carbocycles. The zero-order chi connectivity index (χ0) is 33.5. The summed E-state index contributed by atoms with van der Waals surface area (Å²) in [5.74, 6) is -2.68. The van der Waals surface area contributed by atoms with Gasteiger partial charge in [0.1, 0.15) is 6.07 Å². The Hall–Kier alpha value is -4.86. The maximum atomic E-state index is 13.4. The fourth-order valence-corrected chi connectivity index (χ4v) is 5.41. The molecule has 0 radical (unpaired) electrons. The van der Waals surface area contributed by atoms with Gasteiger partial charge in [-0.15, -0.1) is 15.3 Å². The molecule has 2 saturated heterocycles. The summed E-state index contributed by atoms with van der Waals surface area (Å²) in [5, 5.41) is 29.9. The van der Waals surface area contributed by atoms with E-state index < -0.39 is 29.9 Å². The van der Waals surface area contributed by atoms with Gasteiger partial charge >= 0.3 is 6.61 Å². The quantitative estimate of drug-likeness (QED) is 0.282. The van der Waals surface area contributed by atoms with Gasteiger partial charge < -0.3 is 25.0 Å². The fourth-order valence-electron chi connectivity index (χ4n) is 5.41. The van der Waals surface area contributed by atoms with Crippen LogP contribution in [0, 0.1) is 11.3 Å². The highest BCUT2D eigenvalue weighted by Gasteiger charge is 2.29. The van der Waals surface area contributed by atoms with Crippen molar-refractivity contribution in [1.29, 1.82) is 5.26 Å². The molecule has 0 spiro atoms. The molecular weight excluding hydrogens is 618 g/mol. The molecule has 0 aliphatic carbocycles. The predicted octanol–water partition coefficient (Wildman–Crippen LogP) is 1.16. The highest BCUT2D eigenvalue weighted by atomic mass is 19.3. The number of rotatable bonds is 11. The Labute approximate surface area is 269 Å². The molecule has 0 bridgehead atoms. The van der Waals surface area contributed by atoms with Crippen LogP contribution in [-0.2, 0) is 4.74 Å². The predicted molar refractivity (Wildman–Crippen MR) is 164 cm³/mol. The number of aromatic nitrogens is 6. The molecule has 2 amide bonds. The summed E-state index contributed by atoms with van der Waals surface area (Å²) in [4.78, 5) is 36.4. The molecule has 2 aliphatic heterocycles. The molecule has 3 aromatic rings. The number of carbonyl (C=O) groups excluding carboxylic acids is 2. The number of hydrogen-bond acceptors (Lipinski definition) is 13. The molecule has 5 rings (SSSR count). The van der Waals surface area contributed by atoms with Gasteiger partial charge in [-0.1, -0.05) is 5.21 Å². The lowest BCUT2D eigenvalue weighted by atomic mass is 10.1. The van der Waals surface area contributed by atoms with Gasteiger partial charge in [-0.25, -0.2) is 4.68 Å². The van der Waals surface area contributed by atoms with Crippen LogP contribution in [0.1, 0.15) is 47.1 Å². The summed E-state index contributed by atoms with van der Waals surface area (Å²) in [6.07, 6.45) is 2.25. The second-order valence-corrected chi connectivity index (χ2v) is 11.3. The third kappa shape index (κ3) is 8.30. The number of amides is 2. The molecule has 2 fully saturated rings. The number of nitrogens with one attached hydrogen (secondary N) is 2. The number of halogens is 2. The Balaban J connectivity index is 1.37. The molecule has 2 N–H and O–H groups in total. The van der Waals surface area contributed by atoms with Gasteiger partial charge in [-0.2, -0.15) is 19.0 Å². The first-order chi connectivity index (χ1) is 22.6.